The van der Waals surface area contributed by atoms with Crippen molar-refractivity contribution in [3.63, 3.8) is 0 Å². The van der Waals surface area contributed by atoms with Crippen LogP contribution in [0.15, 0.2) is 48.2 Å². The van der Waals surface area contributed by atoms with Crippen LogP contribution in [-0.2, 0) is 11.4 Å². The van der Waals surface area contributed by atoms with Gasteiger partial charge in [0.1, 0.15) is 12.3 Å². The molecule has 0 atom stereocenters. The number of carboxylic acid groups (broad SMARTS) is 1. The second-order valence-electron chi connectivity index (χ2n) is 5.65. The molecule has 0 radical (unpaired) electrons. The van der Waals surface area contributed by atoms with Gasteiger partial charge in [-0.05, 0) is 34.9 Å². The minimum atomic E-state index is -1.24. The van der Waals surface area contributed by atoms with Crippen LogP contribution in [0.4, 0.5) is 4.79 Å². The molecule has 2 N–H and O–H groups in total. The first-order chi connectivity index (χ1) is 13.0. The summed E-state index contributed by atoms with van der Waals surface area (Å²) in [5.74, 6) is -0.816. The van der Waals surface area contributed by atoms with E-state index in [9.17, 15) is 19.5 Å². The molecule has 0 unspecified atom stereocenters. The maximum atomic E-state index is 11.6. The lowest BCUT2D eigenvalue weighted by Gasteiger charge is -2.12. The number of ether oxygens (including phenoxy) is 2. The van der Waals surface area contributed by atoms with E-state index < -0.39 is 17.9 Å². The van der Waals surface area contributed by atoms with Crippen LogP contribution in [-0.4, -0.2) is 25.0 Å². The van der Waals surface area contributed by atoms with Crippen LogP contribution in [0.5, 0.6) is 11.5 Å². The number of hydrogen-bond acceptors (Lipinski definition) is 6. The number of imide groups is 1. The summed E-state index contributed by atoms with van der Waals surface area (Å²) in [5, 5.41) is 15.3. The van der Waals surface area contributed by atoms with E-state index >= 15 is 0 Å². The molecule has 27 heavy (non-hydrogen) atoms. The number of rotatable bonds is 6. The number of urea groups is 1. The monoisotopic (exact) mass is 367 g/mol. The summed E-state index contributed by atoms with van der Waals surface area (Å²) in [6, 6.07) is 10.7. The highest BCUT2D eigenvalue weighted by atomic mass is 16.5. The molecule has 8 nitrogen and oxygen atoms in total. The molecule has 138 valence electrons. The lowest BCUT2D eigenvalue weighted by molar-refractivity contribution is -0.255. The van der Waals surface area contributed by atoms with E-state index in [-0.39, 0.29) is 17.9 Å². The molecule has 0 saturated carbocycles. The molecule has 1 aliphatic heterocycles. The Morgan fingerprint density at radius 1 is 1.07 bits per heavy atom. The Balaban J connectivity index is 1.73. The minimum absolute atomic E-state index is 0.0942. The number of aromatic carboxylic acids is 1. The largest absolute Gasteiger partial charge is 0.545 e. The van der Waals surface area contributed by atoms with Crippen molar-refractivity contribution in [3.8, 4) is 11.5 Å². The zero-order chi connectivity index (χ0) is 19.4. The van der Waals surface area contributed by atoms with Crippen LogP contribution < -0.4 is 25.2 Å². The van der Waals surface area contributed by atoms with E-state index in [1.807, 2.05) is 0 Å². The van der Waals surface area contributed by atoms with E-state index in [2.05, 4.69) is 10.6 Å². The summed E-state index contributed by atoms with van der Waals surface area (Å²) in [6.45, 7) is 0.211. The fraction of sp³-hybridized carbons (Fsp3) is 0.105. The molecule has 1 saturated heterocycles. The van der Waals surface area contributed by atoms with Crippen LogP contribution in [0.2, 0.25) is 0 Å². The van der Waals surface area contributed by atoms with Crippen molar-refractivity contribution < 1.29 is 29.0 Å². The van der Waals surface area contributed by atoms with Gasteiger partial charge in [-0.3, -0.25) is 10.1 Å². The van der Waals surface area contributed by atoms with Gasteiger partial charge in [-0.1, -0.05) is 30.3 Å². The van der Waals surface area contributed by atoms with E-state index in [4.69, 9.17) is 9.47 Å². The van der Waals surface area contributed by atoms with Crippen LogP contribution in [0, 0.1) is 0 Å². The lowest BCUT2D eigenvalue weighted by Crippen LogP contribution is -2.22. The number of carbonyl (C=O) groups excluding carboxylic acids is 3. The molecule has 0 bridgehead atoms. The molecule has 0 spiro atoms. The van der Waals surface area contributed by atoms with Gasteiger partial charge in [-0.25, -0.2) is 4.79 Å². The fourth-order valence-corrected chi connectivity index (χ4v) is 2.44. The third-order valence-electron chi connectivity index (χ3n) is 3.80. The number of hydrogen-bond donors (Lipinski definition) is 2. The zero-order valence-electron chi connectivity index (χ0n) is 14.3. The van der Waals surface area contributed by atoms with Crippen LogP contribution in [0.25, 0.3) is 6.08 Å². The van der Waals surface area contributed by atoms with Crippen LogP contribution in [0.1, 0.15) is 21.5 Å². The van der Waals surface area contributed by atoms with Gasteiger partial charge in [0.2, 0.25) is 0 Å². The second-order valence-corrected chi connectivity index (χ2v) is 5.65. The predicted octanol–water partition coefficient (Wildman–Crippen LogP) is 0.818. The number of amides is 3. The second kappa shape index (κ2) is 7.61. The highest BCUT2D eigenvalue weighted by Crippen LogP contribution is 2.29. The van der Waals surface area contributed by atoms with Crippen LogP contribution >= 0.6 is 0 Å². The predicted molar refractivity (Wildman–Crippen MR) is 92.7 cm³/mol. The van der Waals surface area contributed by atoms with Gasteiger partial charge in [0, 0.05) is 0 Å². The summed E-state index contributed by atoms with van der Waals surface area (Å²) in [5.41, 5.74) is 1.66. The molecule has 0 aromatic heterocycles. The SMILES string of the molecule is COc1cc(/C=C2\NC(=O)NC2=O)ccc1OCc1ccc(C(=O)[O-])cc1. The van der Waals surface area contributed by atoms with E-state index in [1.54, 1.807) is 30.3 Å². The molecule has 1 fully saturated rings. The summed E-state index contributed by atoms with van der Waals surface area (Å²) < 4.78 is 11.0. The van der Waals surface area contributed by atoms with Crippen molar-refractivity contribution in [2.45, 2.75) is 6.61 Å². The fourth-order valence-electron chi connectivity index (χ4n) is 2.44. The molecule has 2 aromatic carbocycles. The molecule has 0 aliphatic carbocycles. The average Bonchev–Trinajstić information content (AvgIpc) is 2.97. The molecule has 3 amide bonds. The molecule has 3 rings (SSSR count). The molecular weight excluding hydrogens is 352 g/mol. The van der Waals surface area contributed by atoms with Crippen molar-refractivity contribution in [3.05, 3.63) is 64.9 Å². The Morgan fingerprint density at radius 3 is 2.41 bits per heavy atom. The minimum Gasteiger partial charge on any atom is -0.545 e. The highest BCUT2D eigenvalue weighted by Gasteiger charge is 2.22. The summed E-state index contributed by atoms with van der Waals surface area (Å²) in [6.07, 6.45) is 1.52. The first kappa shape index (κ1) is 18.0. The summed E-state index contributed by atoms with van der Waals surface area (Å²) >= 11 is 0. The topological polar surface area (TPSA) is 117 Å². The Morgan fingerprint density at radius 2 is 1.81 bits per heavy atom. The maximum Gasteiger partial charge on any atom is 0.326 e. The van der Waals surface area contributed by atoms with Gasteiger partial charge in [0.25, 0.3) is 5.91 Å². The number of benzene rings is 2. The van der Waals surface area contributed by atoms with Gasteiger partial charge in [0.05, 0.1) is 13.1 Å². The van der Waals surface area contributed by atoms with Crippen LogP contribution in [0.3, 0.4) is 0 Å². The quantitative estimate of drug-likeness (QED) is 0.577. The summed E-state index contributed by atoms with van der Waals surface area (Å²) in [7, 11) is 1.48. The van der Waals surface area contributed by atoms with E-state index in [0.29, 0.717) is 17.1 Å². The standard InChI is InChI=1S/C19H16N2O6/c1-26-16-9-12(8-14-17(22)21-19(25)20-14)4-7-15(16)27-10-11-2-5-13(6-3-11)18(23)24/h2-9H,10H2,1H3,(H,23,24)(H2,20,21,22,25)/p-1/b14-8-. The molecule has 1 heterocycles. The van der Waals surface area contributed by atoms with Crippen molar-refractivity contribution in [2.75, 3.05) is 7.11 Å². The Kier molecular flexibility index (Phi) is 5.07. The third-order valence-corrected chi connectivity index (χ3v) is 3.80. The Labute approximate surface area is 154 Å². The Bertz CT molecular complexity index is 934. The van der Waals surface area contributed by atoms with Gasteiger partial charge >= 0.3 is 6.03 Å². The summed E-state index contributed by atoms with van der Waals surface area (Å²) in [4.78, 5) is 33.5. The zero-order valence-corrected chi connectivity index (χ0v) is 14.3. The van der Waals surface area contributed by atoms with Crippen molar-refractivity contribution in [1.29, 1.82) is 0 Å². The molecular formula is C19H15N2O6-. The van der Waals surface area contributed by atoms with Crippen molar-refractivity contribution >= 4 is 24.0 Å². The third kappa shape index (κ3) is 4.24. The average molecular weight is 367 g/mol. The number of methoxy groups -OCH3 is 1. The van der Waals surface area contributed by atoms with Gasteiger partial charge in [-0.15, -0.1) is 0 Å². The molecule has 1 aliphatic rings. The maximum absolute atomic E-state index is 11.6. The van der Waals surface area contributed by atoms with Gasteiger partial charge < -0.3 is 24.7 Å². The van der Waals surface area contributed by atoms with E-state index in [1.165, 1.54) is 25.3 Å². The normalized spacial score (nSPS) is 14.6. The highest BCUT2D eigenvalue weighted by molar-refractivity contribution is 6.14. The number of carboxylic acids is 1. The first-order valence-corrected chi connectivity index (χ1v) is 7.91. The molecule has 8 heteroatoms. The smallest absolute Gasteiger partial charge is 0.326 e. The molecule has 2 aromatic rings. The van der Waals surface area contributed by atoms with Gasteiger partial charge in [-0.2, -0.15) is 0 Å². The van der Waals surface area contributed by atoms with Gasteiger partial charge in [0.15, 0.2) is 11.5 Å². The van der Waals surface area contributed by atoms with Crippen molar-refractivity contribution in [2.24, 2.45) is 0 Å². The number of carbonyl (C=O) groups is 3. The van der Waals surface area contributed by atoms with Crippen molar-refractivity contribution in [1.82, 2.24) is 10.6 Å². The number of nitrogens with one attached hydrogen (secondary N) is 2. The first-order valence-electron chi connectivity index (χ1n) is 7.91. The Hall–Kier alpha value is -3.81. The van der Waals surface area contributed by atoms with E-state index in [0.717, 1.165) is 5.56 Å². The lowest BCUT2D eigenvalue weighted by atomic mass is 10.1.